The molecule has 0 aliphatic rings. The van der Waals surface area contributed by atoms with Gasteiger partial charge in [-0.15, -0.1) is 0 Å². The normalized spacial score (nSPS) is 13.0. The molecule has 0 unspecified atom stereocenters. The van der Waals surface area contributed by atoms with Gasteiger partial charge in [0.05, 0.1) is 5.76 Å². The van der Waals surface area contributed by atoms with E-state index < -0.39 is 0 Å². The van der Waals surface area contributed by atoms with Crippen LogP contribution in [-0.2, 0) is 4.74 Å². The number of benzene rings is 1. The van der Waals surface area contributed by atoms with E-state index in [2.05, 4.69) is 11.9 Å². The van der Waals surface area contributed by atoms with E-state index >= 15 is 0 Å². The van der Waals surface area contributed by atoms with E-state index in [4.69, 9.17) is 9.47 Å². The van der Waals surface area contributed by atoms with E-state index in [0.29, 0.717) is 13.2 Å². The summed E-state index contributed by atoms with van der Waals surface area (Å²) in [7, 11) is 0. The standard InChI is InChI=1S/C21H27NO2/c1-5-7-11-20(6-2)23-17-15-18(3)22-16-14-19(4)24-21-12-9-8-10-13-21/h5-15,22H,2,16-17H2,1,3-4H3/b7-5-,18-15+,19-14+,20-11+. The monoisotopic (exact) mass is 325 g/mol. The highest BCUT2D eigenvalue weighted by Gasteiger charge is 1.94. The van der Waals surface area contributed by atoms with Crippen LogP contribution in [0.5, 0.6) is 5.75 Å². The predicted octanol–water partition coefficient (Wildman–Crippen LogP) is 5.13. The highest BCUT2D eigenvalue weighted by Crippen LogP contribution is 2.11. The number of ether oxygens (including phenoxy) is 2. The Morgan fingerprint density at radius 3 is 2.58 bits per heavy atom. The van der Waals surface area contributed by atoms with Crippen molar-refractivity contribution in [3.05, 3.63) is 90.6 Å². The van der Waals surface area contributed by atoms with Crippen molar-refractivity contribution in [3.8, 4) is 5.75 Å². The summed E-state index contributed by atoms with van der Waals surface area (Å²) in [5, 5.41) is 3.30. The lowest BCUT2D eigenvalue weighted by Crippen LogP contribution is -2.12. The Kier molecular flexibility index (Phi) is 9.55. The van der Waals surface area contributed by atoms with Gasteiger partial charge in [0, 0.05) is 12.2 Å². The lowest BCUT2D eigenvalue weighted by atomic mass is 10.3. The fraction of sp³-hybridized carbons (Fsp3) is 0.238. The van der Waals surface area contributed by atoms with Crippen molar-refractivity contribution in [3.63, 3.8) is 0 Å². The maximum absolute atomic E-state index is 5.71. The summed E-state index contributed by atoms with van der Waals surface area (Å²) in [6.45, 7) is 10.8. The number of nitrogens with one attached hydrogen (secondary N) is 1. The third-order valence-electron chi connectivity index (χ3n) is 3.09. The van der Waals surface area contributed by atoms with E-state index in [1.54, 1.807) is 6.08 Å². The van der Waals surface area contributed by atoms with Gasteiger partial charge >= 0.3 is 0 Å². The maximum atomic E-state index is 5.71. The van der Waals surface area contributed by atoms with Gasteiger partial charge in [-0.1, -0.05) is 36.9 Å². The zero-order valence-electron chi connectivity index (χ0n) is 14.8. The third-order valence-corrected chi connectivity index (χ3v) is 3.09. The molecule has 0 spiro atoms. The average Bonchev–Trinajstić information content (AvgIpc) is 2.58. The van der Waals surface area contributed by atoms with Gasteiger partial charge in [0.2, 0.25) is 0 Å². The van der Waals surface area contributed by atoms with E-state index in [0.717, 1.165) is 23.0 Å². The molecule has 0 bridgehead atoms. The van der Waals surface area contributed by atoms with Gasteiger partial charge in [0.1, 0.15) is 18.1 Å². The van der Waals surface area contributed by atoms with Crippen LogP contribution in [0.2, 0.25) is 0 Å². The van der Waals surface area contributed by atoms with Crippen LogP contribution in [0.1, 0.15) is 20.8 Å². The Bertz CT molecular complexity index is 610. The zero-order chi connectivity index (χ0) is 17.6. The summed E-state index contributed by atoms with van der Waals surface area (Å²) in [5.74, 6) is 2.46. The molecule has 1 N–H and O–H groups in total. The highest BCUT2D eigenvalue weighted by molar-refractivity contribution is 5.23. The van der Waals surface area contributed by atoms with Crippen LogP contribution in [0.4, 0.5) is 0 Å². The van der Waals surface area contributed by atoms with Gasteiger partial charge in [0.25, 0.3) is 0 Å². The van der Waals surface area contributed by atoms with Crippen molar-refractivity contribution in [1.82, 2.24) is 5.32 Å². The molecule has 0 saturated heterocycles. The lowest BCUT2D eigenvalue weighted by molar-refractivity contribution is 0.261. The Balaban J connectivity index is 2.35. The number of allylic oxidation sites excluding steroid dienone is 6. The largest absolute Gasteiger partial charge is 0.489 e. The topological polar surface area (TPSA) is 30.5 Å². The molecule has 128 valence electrons. The van der Waals surface area contributed by atoms with Crippen LogP contribution in [0, 0.1) is 0 Å². The average molecular weight is 325 g/mol. The molecule has 1 aromatic rings. The lowest BCUT2D eigenvalue weighted by Gasteiger charge is -2.08. The molecule has 0 radical (unpaired) electrons. The number of rotatable bonds is 10. The van der Waals surface area contributed by atoms with Gasteiger partial charge in [-0.2, -0.15) is 0 Å². The fourth-order valence-electron chi connectivity index (χ4n) is 1.77. The summed E-state index contributed by atoms with van der Waals surface area (Å²) < 4.78 is 11.3. The molecular formula is C21H27NO2. The summed E-state index contributed by atoms with van der Waals surface area (Å²) in [5.41, 5.74) is 1.05. The first-order chi connectivity index (χ1) is 11.7. The van der Waals surface area contributed by atoms with Crippen molar-refractivity contribution in [2.45, 2.75) is 20.8 Å². The molecule has 3 nitrogen and oxygen atoms in total. The summed E-state index contributed by atoms with van der Waals surface area (Å²) >= 11 is 0. The van der Waals surface area contributed by atoms with Gasteiger partial charge < -0.3 is 14.8 Å². The Labute approximate surface area is 145 Å². The minimum Gasteiger partial charge on any atom is -0.489 e. The smallest absolute Gasteiger partial charge is 0.126 e. The van der Waals surface area contributed by atoms with Crippen molar-refractivity contribution in [2.75, 3.05) is 13.2 Å². The molecule has 1 rings (SSSR count). The highest BCUT2D eigenvalue weighted by atomic mass is 16.5. The first-order valence-electron chi connectivity index (χ1n) is 8.04. The number of para-hydroxylation sites is 1. The Hall–Kier alpha value is -2.68. The van der Waals surface area contributed by atoms with Crippen LogP contribution in [0.3, 0.4) is 0 Å². The van der Waals surface area contributed by atoms with Crippen LogP contribution in [0.15, 0.2) is 90.6 Å². The Morgan fingerprint density at radius 2 is 1.92 bits per heavy atom. The predicted molar refractivity (Wildman–Crippen MR) is 102 cm³/mol. The second-order valence-corrected chi connectivity index (χ2v) is 5.11. The number of hydrogen-bond acceptors (Lipinski definition) is 3. The van der Waals surface area contributed by atoms with E-state index in [9.17, 15) is 0 Å². The minimum absolute atomic E-state index is 0.497. The molecule has 0 heterocycles. The zero-order valence-corrected chi connectivity index (χ0v) is 14.8. The van der Waals surface area contributed by atoms with E-state index in [-0.39, 0.29) is 0 Å². The molecule has 0 fully saturated rings. The van der Waals surface area contributed by atoms with Crippen LogP contribution in [-0.4, -0.2) is 13.2 Å². The molecule has 0 atom stereocenters. The third kappa shape index (κ3) is 8.69. The van der Waals surface area contributed by atoms with Gasteiger partial charge in [-0.25, -0.2) is 0 Å². The molecule has 0 aliphatic heterocycles. The molecule has 0 saturated carbocycles. The van der Waals surface area contributed by atoms with Crippen molar-refractivity contribution < 1.29 is 9.47 Å². The Morgan fingerprint density at radius 1 is 1.17 bits per heavy atom. The summed E-state index contributed by atoms with van der Waals surface area (Å²) in [4.78, 5) is 0. The molecule has 3 heteroatoms. The van der Waals surface area contributed by atoms with Crippen LogP contribution >= 0.6 is 0 Å². The van der Waals surface area contributed by atoms with Crippen LogP contribution < -0.4 is 10.1 Å². The van der Waals surface area contributed by atoms with E-state index in [1.165, 1.54) is 0 Å². The molecular weight excluding hydrogens is 298 g/mol. The SMILES string of the molecule is C=C/C(=C\C=C/C)OC/C=C(\C)NC/C=C(\C)Oc1ccccc1. The first kappa shape index (κ1) is 19.4. The minimum atomic E-state index is 0.497. The molecule has 0 aromatic heterocycles. The van der Waals surface area contributed by atoms with Crippen molar-refractivity contribution in [1.29, 1.82) is 0 Å². The molecule has 24 heavy (non-hydrogen) atoms. The molecule has 1 aromatic carbocycles. The fourth-order valence-corrected chi connectivity index (χ4v) is 1.77. The molecule has 0 aliphatic carbocycles. The maximum Gasteiger partial charge on any atom is 0.126 e. The van der Waals surface area contributed by atoms with Gasteiger partial charge in [-0.05, 0) is 57.2 Å². The first-order valence-corrected chi connectivity index (χ1v) is 8.04. The molecule has 0 amide bonds. The van der Waals surface area contributed by atoms with E-state index in [1.807, 2.05) is 81.5 Å². The van der Waals surface area contributed by atoms with Gasteiger partial charge in [0.15, 0.2) is 0 Å². The second-order valence-electron chi connectivity index (χ2n) is 5.11. The summed E-state index contributed by atoms with van der Waals surface area (Å²) in [6.07, 6.45) is 11.5. The summed E-state index contributed by atoms with van der Waals surface area (Å²) in [6, 6.07) is 9.75. The van der Waals surface area contributed by atoms with Crippen molar-refractivity contribution in [2.24, 2.45) is 0 Å². The number of hydrogen-bond donors (Lipinski definition) is 1. The quantitative estimate of drug-likeness (QED) is 0.478. The van der Waals surface area contributed by atoms with Gasteiger partial charge in [-0.3, -0.25) is 0 Å². The second kappa shape index (κ2) is 11.8. The van der Waals surface area contributed by atoms with Crippen molar-refractivity contribution >= 4 is 0 Å². The van der Waals surface area contributed by atoms with Crippen LogP contribution in [0.25, 0.3) is 0 Å².